The molecule has 0 aliphatic carbocycles. The van der Waals surface area contributed by atoms with E-state index in [0.29, 0.717) is 17.1 Å². The second-order valence-electron chi connectivity index (χ2n) is 11.5. The van der Waals surface area contributed by atoms with Crippen LogP contribution in [0, 0.1) is 5.92 Å². The Morgan fingerprint density at radius 1 is 0.913 bits per heavy atom. The van der Waals surface area contributed by atoms with Gasteiger partial charge in [-0.25, -0.2) is 0 Å². The van der Waals surface area contributed by atoms with Gasteiger partial charge in [0, 0.05) is 35.9 Å². The van der Waals surface area contributed by atoms with Crippen LogP contribution in [0.3, 0.4) is 0 Å². The zero-order valence-electron chi connectivity index (χ0n) is 26.1. The minimum Gasteiger partial charge on any atom is -0.407 e. The smallest absolute Gasteiger partial charge is 0.309 e. The maximum atomic E-state index is 13.3. The average molecular weight is 690 g/mol. The molecule has 1 saturated heterocycles. The maximum absolute atomic E-state index is 13.3. The second-order valence-corrected chi connectivity index (χ2v) is 12.8. The lowest BCUT2D eigenvalue weighted by molar-refractivity contribution is -0.132. The molecule has 1 N–H and O–H groups in total. The van der Waals surface area contributed by atoms with E-state index in [1.165, 1.54) is 85.7 Å². The molecule has 2 heterocycles. The molecule has 12 heteroatoms. The highest BCUT2D eigenvalue weighted by molar-refractivity contribution is 6.40. The summed E-state index contributed by atoms with van der Waals surface area (Å²) in [5, 5.41) is 7.58. The van der Waals surface area contributed by atoms with Gasteiger partial charge in [0.2, 0.25) is 17.7 Å². The molecule has 3 amide bonds. The minimum absolute atomic E-state index is 0.0376. The van der Waals surface area contributed by atoms with Crippen LogP contribution in [0.25, 0.3) is 5.69 Å². The molecule has 246 valence electrons. The molecule has 1 atom stereocenters. The Bertz CT molecular complexity index is 1550. The third kappa shape index (κ3) is 9.33. The SMILES string of the molecule is CCCCCCCCCCCCC1CC(=O)N(c2cccc(C(=O)Nc3cc(OC(C)=O)n(-c4c(Cl)cc(Cl)cc4Cl)n3)c2)C1=O. The topological polar surface area (TPSA) is 111 Å². The van der Waals surface area contributed by atoms with E-state index in [1.54, 1.807) is 18.2 Å². The molecule has 1 aliphatic rings. The number of ether oxygens (including phenoxy) is 1. The van der Waals surface area contributed by atoms with Gasteiger partial charge in [-0.15, -0.1) is 5.10 Å². The fourth-order valence-electron chi connectivity index (χ4n) is 5.59. The van der Waals surface area contributed by atoms with Crippen LogP contribution in [0.2, 0.25) is 15.1 Å². The first-order chi connectivity index (χ1) is 22.1. The number of nitrogens with zero attached hydrogens (tertiary/aromatic N) is 3. The van der Waals surface area contributed by atoms with Gasteiger partial charge in [0.15, 0.2) is 5.82 Å². The Morgan fingerprint density at radius 3 is 2.17 bits per heavy atom. The van der Waals surface area contributed by atoms with Crippen LogP contribution in [-0.2, 0) is 14.4 Å². The lowest BCUT2D eigenvalue weighted by Gasteiger charge is -2.16. The fourth-order valence-corrected chi connectivity index (χ4v) is 6.56. The Balaban J connectivity index is 1.38. The molecular formula is C34H39Cl3N4O5. The molecule has 1 unspecified atom stereocenters. The number of rotatable bonds is 16. The van der Waals surface area contributed by atoms with Crippen molar-refractivity contribution < 1.29 is 23.9 Å². The predicted molar refractivity (Wildman–Crippen MR) is 181 cm³/mol. The lowest BCUT2D eigenvalue weighted by Crippen LogP contribution is -2.30. The molecule has 0 bridgehead atoms. The Kier molecular flexibility index (Phi) is 13.1. The summed E-state index contributed by atoms with van der Waals surface area (Å²) in [5.74, 6) is -2.05. The highest BCUT2D eigenvalue weighted by atomic mass is 35.5. The summed E-state index contributed by atoms with van der Waals surface area (Å²) in [4.78, 5) is 52.3. The first-order valence-electron chi connectivity index (χ1n) is 15.8. The number of benzene rings is 2. The molecule has 0 spiro atoms. The maximum Gasteiger partial charge on any atom is 0.309 e. The minimum atomic E-state index is -0.626. The van der Waals surface area contributed by atoms with Crippen molar-refractivity contribution in [1.29, 1.82) is 0 Å². The molecule has 2 aromatic carbocycles. The van der Waals surface area contributed by atoms with Crippen molar-refractivity contribution in [3.63, 3.8) is 0 Å². The molecule has 0 saturated carbocycles. The van der Waals surface area contributed by atoms with Crippen LogP contribution in [0.1, 0.15) is 101 Å². The first kappa shape index (κ1) is 35.5. The number of anilines is 2. The van der Waals surface area contributed by atoms with E-state index < -0.39 is 11.9 Å². The van der Waals surface area contributed by atoms with E-state index in [-0.39, 0.29) is 57.1 Å². The standard InChI is InChI=1S/C34H39Cl3N4O5/c1-3-4-5-6-7-8-9-10-11-12-14-24-18-30(43)40(34(24)45)26-16-13-15-23(17-26)33(44)38-29-21-31(46-22(2)42)41(39-29)32-27(36)19-25(35)20-28(32)37/h13,15-17,19-21,24H,3-12,14,18H2,1-2H3,(H,38,39,44). The van der Waals surface area contributed by atoms with Crippen molar-refractivity contribution in [3.05, 3.63) is 63.1 Å². The fraction of sp³-hybridized carbons (Fsp3) is 0.441. The van der Waals surface area contributed by atoms with Gasteiger partial charge in [-0.1, -0.05) is 112 Å². The van der Waals surface area contributed by atoms with Crippen LogP contribution >= 0.6 is 34.8 Å². The number of carbonyl (C=O) groups excluding carboxylic acids is 4. The number of hydrogen-bond acceptors (Lipinski definition) is 6. The summed E-state index contributed by atoms with van der Waals surface area (Å²) in [7, 11) is 0. The Hall–Kier alpha value is -3.40. The zero-order valence-corrected chi connectivity index (χ0v) is 28.4. The molecule has 3 aromatic rings. The number of imide groups is 1. The first-order valence-corrected chi connectivity index (χ1v) is 16.9. The van der Waals surface area contributed by atoms with E-state index in [9.17, 15) is 19.2 Å². The van der Waals surface area contributed by atoms with Crippen LogP contribution in [-0.4, -0.2) is 33.5 Å². The van der Waals surface area contributed by atoms with Gasteiger partial charge in [-0.3, -0.25) is 24.1 Å². The lowest BCUT2D eigenvalue weighted by atomic mass is 9.98. The van der Waals surface area contributed by atoms with Gasteiger partial charge < -0.3 is 10.1 Å². The molecule has 1 aliphatic heterocycles. The van der Waals surface area contributed by atoms with Crippen LogP contribution in [0.15, 0.2) is 42.5 Å². The van der Waals surface area contributed by atoms with E-state index >= 15 is 0 Å². The third-order valence-electron chi connectivity index (χ3n) is 7.87. The molecule has 9 nitrogen and oxygen atoms in total. The van der Waals surface area contributed by atoms with Crippen LogP contribution in [0.5, 0.6) is 5.88 Å². The van der Waals surface area contributed by atoms with E-state index in [1.807, 2.05) is 0 Å². The summed E-state index contributed by atoms with van der Waals surface area (Å²) >= 11 is 18.7. The van der Waals surface area contributed by atoms with E-state index in [0.717, 1.165) is 19.3 Å². The van der Waals surface area contributed by atoms with Crippen molar-refractivity contribution in [2.75, 3.05) is 10.2 Å². The zero-order chi connectivity index (χ0) is 33.2. The quantitative estimate of drug-likeness (QED) is 0.0912. The Labute approximate surface area is 284 Å². The molecular weight excluding hydrogens is 651 g/mol. The number of carbonyl (C=O) groups is 4. The molecule has 4 rings (SSSR count). The monoisotopic (exact) mass is 688 g/mol. The summed E-state index contributed by atoms with van der Waals surface area (Å²) in [5.41, 5.74) is 0.728. The average Bonchev–Trinajstić information content (AvgIpc) is 3.51. The van der Waals surface area contributed by atoms with Crippen molar-refractivity contribution in [3.8, 4) is 11.6 Å². The largest absolute Gasteiger partial charge is 0.407 e. The van der Waals surface area contributed by atoms with Gasteiger partial charge in [-0.05, 0) is 36.8 Å². The van der Waals surface area contributed by atoms with Crippen LogP contribution < -0.4 is 15.0 Å². The van der Waals surface area contributed by atoms with Gasteiger partial charge >= 0.3 is 5.97 Å². The second kappa shape index (κ2) is 17.0. The highest BCUT2D eigenvalue weighted by Gasteiger charge is 2.39. The number of hydrogen-bond donors (Lipinski definition) is 1. The van der Waals surface area contributed by atoms with Gasteiger partial charge in [0.05, 0.1) is 15.7 Å². The van der Waals surface area contributed by atoms with Crippen molar-refractivity contribution in [2.24, 2.45) is 5.92 Å². The molecule has 1 fully saturated rings. The number of amides is 3. The number of esters is 1. The highest BCUT2D eigenvalue weighted by Crippen LogP contribution is 2.36. The number of aromatic nitrogens is 2. The number of nitrogens with one attached hydrogen (secondary N) is 1. The normalized spacial score (nSPS) is 14.6. The van der Waals surface area contributed by atoms with Gasteiger partial charge in [0.25, 0.3) is 5.91 Å². The molecule has 1 aromatic heterocycles. The number of halogens is 3. The van der Waals surface area contributed by atoms with Crippen molar-refractivity contribution in [1.82, 2.24) is 9.78 Å². The Morgan fingerprint density at radius 2 is 1.54 bits per heavy atom. The summed E-state index contributed by atoms with van der Waals surface area (Å²) in [6, 6.07) is 10.5. The van der Waals surface area contributed by atoms with E-state index in [4.69, 9.17) is 39.5 Å². The predicted octanol–water partition coefficient (Wildman–Crippen LogP) is 9.20. The molecule has 46 heavy (non-hydrogen) atoms. The van der Waals surface area contributed by atoms with Gasteiger partial charge in [-0.2, -0.15) is 4.68 Å². The third-order valence-corrected chi connectivity index (χ3v) is 8.67. The summed E-state index contributed by atoms with van der Waals surface area (Å²) < 4.78 is 6.46. The molecule has 0 radical (unpaired) electrons. The summed E-state index contributed by atoms with van der Waals surface area (Å²) in [6.45, 7) is 3.44. The number of unbranched alkanes of at least 4 members (excludes halogenated alkanes) is 9. The van der Waals surface area contributed by atoms with Gasteiger partial charge in [0.1, 0.15) is 5.69 Å². The summed E-state index contributed by atoms with van der Waals surface area (Å²) in [6.07, 6.45) is 12.9. The van der Waals surface area contributed by atoms with Crippen molar-refractivity contribution >= 4 is 70.0 Å². The van der Waals surface area contributed by atoms with E-state index in [2.05, 4.69) is 17.3 Å². The van der Waals surface area contributed by atoms with Crippen molar-refractivity contribution in [2.45, 2.75) is 90.9 Å². The van der Waals surface area contributed by atoms with Crippen LogP contribution in [0.4, 0.5) is 11.5 Å².